The van der Waals surface area contributed by atoms with E-state index in [0.29, 0.717) is 17.8 Å². The summed E-state index contributed by atoms with van der Waals surface area (Å²) in [6.45, 7) is 0.726. The van der Waals surface area contributed by atoms with Crippen molar-refractivity contribution in [3.63, 3.8) is 0 Å². The number of hydrogen-bond acceptors (Lipinski definition) is 7. The first-order valence-electron chi connectivity index (χ1n) is 6.49. The standard InChI is InChI=1S/C12H22N6O/c1-13-9-15-10(17-11(16-9)18(2)3)14-8-12(19-4)6-5-7-12/h5-8H2,1-4H3,(H2,13,14,15,16,17). The lowest BCUT2D eigenvalue weighted by molar-refractivity contribution is -0.0602. The number of nitrogens with one attached hydrogen (secondary N) is 2. The third-order valence-electron chi connectivity index (χ3n) is 3.51. The Bertz CT molecular complexity index is 427. The molecule has 0 bridgehead atoms. The number of aromatic nitrogens is 3. The highest BCUT2D eigenvalue weighted by atomic mass is 16.5. The largest absolute Gasteiger partial charge is 0.376 e. The number of nitrogens with zero attached hydrogens (tertiary/aromatic N) is 4. The summed E-state index contributed by atoms with van der Waals surface area (Å²) in [5.41, 5.74) is -0.0509. The SMILES string of the molecule is CNc1nc(NCC2(OC)CCC2)nc(N(C)C)n1. The Kier molecular flexibility index (Phi) is 4.04. The number of hydrogen-bond donors (Lipinski definition) is 2. The molecule has 0 radical (unpaired) electrons. The predicted octanol–water partition coefficient (Wildman–Crippen LogP) is 0.960. The molecule has 1 aliphatic carbocycles. The topological polar surface area (TPSA) is 75.2 Å². The van der Waals surface area contributed by atoms with Gasteiger partial charge in [-0.1, -0.05) is 0 Å². The number of anilines is 3. The lowest BCUT2D eigenvalue weighted by Crippen LogP contribution is -2.45. The van der Waals surface area contributed by atoms with E-state index in [1.54, 1.807) is 14.2 Å². The molecule has 7 nitrogen and oxygen atoms in total. The van der Waals surface area contributed by atoms with Crippen molar-refractivity contribution < 1.29 is 4.74 Å². The lowest BCUT2D eigenvalue weighted by atomic mass is 9.80. The van der Waals surface area contributed by atoms with Crippen LogP contribution in [0.4, 0.5) is 17.8 Å². The van der Waals surface area contributed by atoms with Gasteiger partial charge >= 0.3 is 0 Å². The van der Waals surface area contributed by atoms with Gasteiger partial charge in [0.05, 0.1) is 5.60 Å². The van der Waals surface area contributed by atoms with Gasteiger partial charge in [-0.05, 0) is 19.3 Å². The smallest absolute Gasteiger partial charge is 0.231 e. The molecule has 0 aliphatic heterocycles. The van der Waals surface area contributed by atoms with Crippen LogP contribution in [-0.4, -0.2) is 55.4 Å². The summed E-state index contributed by atoms with van der Waals surface area (Å²) in [5, 5.41) is 6.20. The average Bonchev–Trinajstić information content (AvgIpc) is 2.37. The van der Waals surface area contributed by atoms with Crippen LogP contribution in [0.1, 0.15) is 19.3 Å². The van der Waals surface area contributed by atoms with Crippen molar-refractivity contribution in [2.75, 3.05) is 50.3 Å². The Hall–Kier alpha value is -1.63. The van der Waals surface area contributed by atoms with Crippen molar-refractivity contribution >= 4 is 17.8 Å². The van der Waals surface area contributed by atoms with Gasteiger partial charge in [0.1, 0.15) is 0 Å². The van der Waals surface area contributed by atoms with Gasteiger partial charge in [-0.3, -0.25) is 0 Å². The van der Waals surface area contributed by atoms with Gasteiger partial charge in [-0.2, -0.15) is 15.0 Å². The van der Waals surface area contributed by atoms with Crippen LogP contribution in [0, 0.1) is 0 Å². The third-order valence-corrected chi connectivity index (χ3v) is 3.51. The maximum Gasteiger partial charge on any atom is 0.231 e. The Morgan fingerprint density at radius 2 is 1.89 bits per heavy atom. The molecule has 1 aromatic heterocycles. The minimum absolute atomic E-state index is 0.0509. The van der Waals surface area contributed by atoms with Crippen molar-refractivity contribution in [1.82, 2.24) is 15.0 Å². The normalized spacial score (nSPS) is 16.6. The molecular formula is C12H22N6O. The van der Waals surface area contributed by atoms with Crippen molar-refractivity contribution in [1.29, 1.82) is 0 Å². The molecule has 0 aromatic carbocycles. The summed E-state index contributed by atoms with van der Waals surface area (Å²) in [6.07, 6.45) is 3.39. The third kappa shape index (κ3) is 3.04. The number of rotatable bonds is 6. The molecule has 2 rings (SSSR count). The first kappa shape index (κ1) is 13.8. The Morgan fingerprint density at radius 3 is 2.37 bits per heavy atom. The second kappa shape index (κ2) is 5.56. The fourth-order valence-corrected chi connectivity index (χ4v) is 2.02. The molecule has 0 unspecified atom stereocenters. The summed E-state index contributed by atoms with van der Waals surface area (Å²) in [5.74, 6) is 1.76. The van der Waals surface area contributed by atoms with Crippen LogP contribution in [0.5, 0.6) is 0 Å². The van der Waals surface area contributed by atoms with E-state index in [2.05, 4.69) is 25.6 Å². The molecule has 0 saturated heterocycles. The molecule has 7 heteroatoms. The summed E-state index contributed by atoms with van der Waals surface area (Å²) >= 11 is 0. The van der Waals surface area contributed by atoms with Crippen molar-refractivity contribution in [2.45, 2.75) is 24.9 Å². The van der Waals surface area contributed by atoms with E-state index < -0.39 is 0 Å². The van der Waals surface area contributed by atoms with Gasteiger partial charge in [0.15, 0.2) is 0 Å². The lowest BCUT2D eigenvalue weighted by Gasteiger charge is -2.40. The number of methoxy groups -OCH3 is 1. The molecule has 19 heavy (non-hydrogen) atoms. The van der Waals surface area contributed by atoms with Gasteiger partial charge in [0.2, 0.25) is 17.8 Å². The van der Waals surface area contributed by atoms with E-state index in [4.69, 9.17) is 4.74 Å². The second-order valence-electron chi connectivity index (χ2n) is 5.02. The van der Waals surface area contributed by atoms with Gasteiger partial charge in [-0.25, -0.2) is 0 Å². The van der Waals surface area contributed by atoms with Crippen LogP contribution in [0.2, 0.25) is 0 Å². The molecule has 1 aromatic rings. The molecule has 1 heterocycles. The first-order chi connectivity index (χ1) is 9.08. The Labute approximate surface area is 113 Å². The van der Waals surface area contributed by atoms with Gasteiger partial charge in [-0.15, -0.1) is 0 Å². The van der Waals surface area contributed by atoms with E-state index >= 15 is 0 Å². The molecule has 106 valence electrons. The van der Waals surface area contributed by atoms with E-state index in [-0.39, 0.29) is 5.60 Å². The van der Waals surface area contributed by atoms with E-state index in [1.807, 2.05) is 19.0 Å². The van der Waals surface area contributed by atoms with Crippen LogP contribution in [-0.2, 0) is 4.74 Å². The summed E-state index contributed by atoms with van der Waals surface area (Å²) in [6, 6.07) is 0. The first-order valence-corrected chi connectivity index (χ1v) is 6.49. The van der Waals surface area contributed by atoms with Gasteiger partial charge in [0, 0.05) is 34.8 Å². The highest BCUT2D eigenvalue weighted by Crippen LogP contribution is 2.34. The minimum atomic E-state index is -0.0509. The Balaban J connectivity index is 2.08. The maximum atomic E-state index is 5.57. The average molecular weight is 266 g/mol. The van der Waals surface area contributed by atoms with Crippen molar-refractivity contribution in [2.24, 2.45) is 0 Å². The summed E-state index contributed by atoms with van der Waals surface area (Å²) in [4.78, 5) is 14.8. The van der Waals surface area contributed by atoms with Crippen LogP contribution >= 0.6 is 0 Å². The van der Waals surface area contributed by atoms with E-state index in [9.17, 15) is 0 Å². The summed E-state index contributed by atoms with van der Waals surface area (Å²) in [7, 11) is 7.36. The Morgan fingerprint density at radius 1 is 1.21 bits per heavy atom. The highest BCUT2D eigenvalue weighted by Gasteiger charge is 2.36. The van der Waals surface area contributed by atoms with E-state index in [1.165, 1.54) is 6.42 Å². The minimum Gasteiger partial charge on any atom is -0.376 e. The zero-order valence-electron chi connectivity index (χ0n) is 12.0. The predicted molar refractivity (Wildman–Crippen MR) is 75.8 cm³/mol. The zero-order chi connectivity index (χ0) is 13.9. The number of ether oxygens (including phenoxy) is 1. The quantitative estimate of drug-likeness (QED) is 0.794. The van der Waals surface area contributed by atoms with Crippen LogP contribution in [0.3, 0.4) is 0 Å². The summed E-state index contributed by atoms with van der Waals surface area (Å²) < 4.78 is 5.57. The van der Waals surface area contributed by atoms with Crippen molar-refractivity contribution in [3.8, 4) is 0 Å². The molecule has 0 atom stereocenters. The van der Waals surface area contributed by atoms with Crippen LogP contribution in [0.15, 0.2) is 0 Å². The van der Waals surface area contributed by atoms with Crippen molar-refractivity contribution in [3.05, 3.63) is 0 Å². The van der Waals surface area contributed by atoms with Crippen LogP contribution < -0.4 is 15.5 Å². The maximum absolute atomic E-state index is 5.57. The molecule has 0 spiro atoms. The molecule has 1 saturated carbocycles. The molecule has 1 aliphatic rings. The fraction of sp³-hybridized carbons (Fsp3) is 0.750. The second-order valence-corrected chi connectivity index (χ2v) is 5.02. The van der Waals surface area contributed by atoms with Gasteiger partial charge < -0.3 is 20.3 Å². The molecule has 0 amide bonds. The van der Waals surface area contributed by atoms with E-state index in [0.717, 1.165) is 19.4 Å². The van der Waals surface area contributed by atoms with Crippen LogP contribution in [0.25, 0.3) is 0 Å². The molecule has 2 N–H and O–H groups in total. The highest BCUT2D eigenvalue weighted by molar-refractivity contribution is 5.42. The molecular weight excluding hydrogens is 244 g/mol. The monoisotopic (exact) mass is 266 g/mol. The molecule has 1 fully saturated rings. The fourth-order valence-electron chi connectivity index (χ4n) is 2.02. The zero-order valence-corrected chi connectivity index (χ0v) is 12.0. The van der Waals surface area contributed by atoms with Gasteiger partial charge in [0.25, 0.3) is 0 Å².